The van der Waals surface area contributed by atoms with Gasteiger partial charge in [-0.3, -0.25) is 4.79 Å². The van der Waals surface area contributed by atoms with E-state index >= 15 is 0 Å². The van der Waals surface area contributed by atoms with Crippen molar-refractivity contribution in [2.24, 2.45) is 5.92 Å². The zero-order valence-electron chi connectivity index (χ0n) is 10.4. The molecule has 1 amide bonds. The lowest BCUT2D eigenvalue weighted by atomic mass is 10.0. The molecular weight excluding hydrogens is 298 g/mol. The second-order valence-corrected chi connectivity index (χ2v) is 4.95. The maximum absolute atomic E-state index is 11.9. The lowest BCUT2D eigenvalue weighted by Gasteiger charge is -2.13. The monoisotopic (exact) mass is 313 g/mol. The number of aromatic carboxylic acids is 1. The molecule has 0 saturated carbocycles. The molecule has 2 N–H and O–H groups in total. The van der Waals surface area contributed by atoms with Crippen molar-refractivity contribution in [3.8, 4) is 0 Å². The number of hydrogen-bond donors (Lipinski definition) is 2. The predicted octanol–water partition coefficient (Wildman–Crippen LogP) is 3.52. The number of carboxylic acids is 1. The van der Waals surface area contributed by atoms with Crippen molar-refractivity contribution in [1.29, 1.82) is 0 Å². The van der Waals surface area contributed by atoms with E-state index in [2.05, 4.69) is 21.2 Å². The Bertz CT molecular complexity index is 456. The molecule has 5 heteroatoms. The highest BCUT2D eigenvalue weighted by Gasteiger charge is 2.15. The van der Waals surface area contributed by atoms with Crippen molar-refractivity contribution < 1.29 is 14.7 Å². The Morgan fingerprint density at radius 3 is 2.39 bits per heavy atom. The number of carbonyl (C=O) groups is 2. The van der Waals surface area contributed by atoms with Crippen molar-refractivity contribution in [2.45, 2.75) is 26.7 Å². The van der Waals surface area contributed by atoms with Gasteiger partial charge in [0.1, 0.15) is 0 Å². The topological polar surface area (TPSA) is 66.4 Å². The molecule has 18 heavy (non-hydrogen) atoms. The number of nitrogens with one attached hydrogen (secondary N) is 1. The number of benzene rings is 1. The van der Waals surface area contributed by atoms with E-state index in [1.54, 1.807) is 6.07 Å². The maximum atomic E-state index is 11.9. The van der Waals surface area contributed by atoms with Crippen molar-refractivity contribution in [1.82, 2.24) is 0 Å². The summed E-state index contributed by atoms with van der Waals surface area (Å²) in [6, 6.07) is 4.63. The highest BCUT2D eigenvalue weighted by Crippen LogP contribution is 2.21. The number of anilines is 1. The highest BCUT2D eigenvalue weighted by atomic mass is 79.9. The summed E-state index contributed by atoms with van der Waals surface area (Å²) in [6.45, 7) is 3.91. The van der Waals surface area contributed by atoms with E-state index < -0.39 is 5.97 Å². The highest BCUT2D eigenvalue weighted by molar-refractivity contribution is 9.10. The summed E-state index contributed by atoms with van der Waals surface area (Å²) < 4.78 is 0.627. The van der Waals surface area contributed by atoms with Crippen LogP contribution in [0, 0.1) is 5.92 Å². The zero-order valence-corrected chi connectivity index (χ0v) is 12.0. The summed E-state index contributed by atoms with van der Waals surface area (Å²) in [5, 5.41) is 11.7. The van der Waals surface area contributed by atoms with E-state index in [0.717, 1.165) is 12.8 Å². The molecule has 4 nitrogen and oxygen atoms in total. The van der Waals surface area contributed by atoms with Gasteiger partial charge in [-0.25, -0.2) is 4.79 Å². The van der Waals surface area contributed by atoms with Crippen LogP contribution in [0.1, 0.15) is 37.0 Å². The van der Waals surface area contributed by atoms with Gasteiger partial charge < -0.3 is 10.4 Å². The predicted molar refractivity (Wildman–Crippen MR) is 73.8 cm³/mol. The SMILES string of the molecule is CCC(CC)C(=O)Nc1cc(Br)cc(C(=O)O)c1. The van der Waals surface area contributed by atoms with Gasteiger partial charge >= 0.3 is 5.97 Å². The van der Waals surface area contributed by atoms with Gasteiger partial charge in [0.25, 0.3) is 0 Å². The van der Waals surface area contributed by atoms with Gasteiger partial charge in [-0.15, -0.1) is 0 Å². The first-order chi connectivity index (χ1) is 8.47. The summed E-state index contributed by atoms with van der Waals surface area (Å²) >= 11 is 3.23. The van der Waals surface area contributed by atoms with E-state index in [0.29, 0.717) is 10.2 Å². The van der Waals surface area contributed by atoms with Crippen molar-refractivity contribution in [2.75, 3.05) is 5.32 Å². The second-order valence-electron chi connectivity index (χ2n) is 4.04. The Morgan fingerprint density at radius 1 is 1.28 bits per heavy atom. The molecule has 98 valence electrons. The van der Waals surface area contributed by atoms with Crippen LogP contribution in [-0.2, 0) is 4.79 Å². The van der Waals surface area contributed by atoms with Crippen molar-refractivity contribution in [3.63, 3.8) is 0 Å². The largest absolute Gasteiger partial charge is 0.478 e. The molecule has 0 aliphatic heterocycles. The quantitative estimate of drug-likeness (QED) is 0.874. The fourth-order valence-corrected chi connectivity index (χ4v) is 2.18. The standard InChI is InChI=1S/C13H16BrNO3/c1-3-8(4-2)12(16)15-11-6-9(13(17)18)5-10(14)7-11/h5-8H,3-4H2,1-2H3,(H,15,16)(H,17,18). The molecule has 0 saturated heterocycles. The van der Waals surface area contributed by atoms with Crippen LogP contribution in [0.4, 0.5) is 5.69 Å². The molecular formula is C13H16BrNO3. The molecule has 0 heterocycles. The van der Waals surface area contributed by atoms with Crippen LogP contribution in [0.5, 0.6) is 0 Å². The Hall–Kier alpha value is -1.36. The summed E-state index contributed by atoms with van der Waals surface area (Å²) in [5.74, 6) is -1.14. The first-order valence-electron chi connectivity index (χ1n) is 5.82. The minimum atomic E-state index is -1.02. The molecule has 1 aromatic carbocycles. The lowest BCUT2D eigenvalue weighted by Crippen LogP contribution is -2.21. The molecule has 0 aliphatic carbocycles. The molecule has 0 atom stereocenters. The molecule has 1 aromatic rings. The third kappa shape index (κ3) is 3.84. The molecule has 0 aromatic heterocycles. The van der Waals surface area contributed by atoms with E-state index in [-0.39, 0.29) is 17.4 Å². The van der Waals surface area contributed by atoms with Gasteiger partial charge in [0, 0.05) is 16.1 Å². The van der Waals surface area contributed by atoms with E-state index in [1.807, 2.05) is 13.8 Å². The fraction of sp³-hybridized carbons (Fsp3) is 0.385. The third-order valence-corrected chi connectivity index (χ3v) is 3.23. The molecule has 0 fully saturated rings. The summed E-state index contributed by atoms with van der Waals surface area (Å²) in [5.41, 5.74) is 0.642. The van der Waals surface area contributed by atoms with E-state index in [1.165, 1.54) is 12.1 Å². The second kappa shape index (κ2) is 6.54. The van der Waals surface area contributed by atoms with Gasteiger partial charge in [0.15, 0.2) is 0 Å². The zero-order chi connectivity index (χ0) is 13.7. The minimum absolute atomic E-state index is 0.0442. The van der Waals surface area contributed by atoms with Crippen LogP contribution < -0.4 is 5.32 Å². The number of carbonyl (C=O) groups excluding carboxylic acids is 1. The van der Waals surface area contributed by atoms with Crippen LogP contribution in [0.25, 0.3) is 0 Å². The molecule has 0 radical (unpaired) electrons. The average molecular weight is 314 g/mol. The summed E-state index contributed by atoms with van der Waals surface area (Å²) in [4.78, 5) is 22.8. The first kappa shape index (κ1) is 14.7. The van der Waals surface area contributed by atoms with Gasteiger partial charge in [-0.2, -0.15) is 0 Å². The molecule has 0 bridgehead atoms. The number of hydrogen-bond acceptors (Lipinski definition) is 2. The van der Waals surface area contributed by atoms with Gasteiger partial charge in [0.2, 0.25) is 5.91 Å². The van der Waals surface area contributed by atoms with Gasteiger partial charge in [0.05, 0.1) is 5.56 Å². The van der Waals surface area contributed by atoms with Gasteiger partial charge in [-0.05, 0) is 31.0 Å². The lowest BCUT2D eigenvalue weighted by molar-refractivity contribution is -0.120. The van der Waals surface area contributed by atoms with Crippen LogP contribution in [0.3, 0.4) is 0 Å². The van der Waals surface area contributed by atoms with E-state index in [4.69, 9.17) is 5.11 Å². The Labute approximate surface area is 115 Å². The van der Waals surface area contributed by atoms with Crippen LogP contribution in [0.15, 0.2) is 22.7 Å². The Kier molecular flexibility index (Phi) is 5.34. The number of amides is 1. The molecule has 0 spiro atoms. The summed E-state index contributed by atoms with van der Waals surface area (Å²) in [6.07, 6.45) is 1.53. The Morgan fingerprint density at radius 2 is 1.89 bits per heavy atom. The number of carboxylic acid groups (broad SMARTS) is 1. The fourth-order valence-electron chi connectivity index (χ4n) is 1.69. The molecule has 1 rings (SSSR count). The van der Waals surface area contributed by atoms with Crippen molar-refractivity contribution in [3.05, 3.63) is 28.2 Å². The van der Waals surface area contributed by atoms with Crippen molar-refractivity contribution >= 4 is 33.5 Å². The maximum Gasteiger partial charge on any atom is 0.335 e. The normalized spacial score (nSPS) is 10.4. The molecule has 0 unspecified atom stereocenters. The van der Waals surface area contributed by atoms with Crippen LogP contribution in [-0.4, -0.2) is 17.0 Å². The molecule has 0 aliphatic rings. The summed E-state index contributed by atoms with van der Waals surface area (Å²) in [7, 11) is 0. The average Bonchev–Trinajstić information content (AvgIpc) is 2.29. The Balaban J connectivity index is 2.90. The first-order valence-corrected chi connectivity index (χ1v) is 6.62. The van der Waals surface area contributed by atoms with E-state index in [9.17, 15) is 9.59 Å². The minimum Gasteiger partial charge on any atom is -0.478 e. The van der Waals surface area contributed by atoms with Gasteiger partial charge in [-0.1, -0.05) is 29.8 Å². The smallest absolute Gasteiger partial charge is 0.335 e. The number of rotatable bonds is 5. The third-order valence-electron chi connectivity index (χ3n) is 2.77. The van der Waals surface area contributed by atoms with Crippen LogP contribution >= 0.6 is 15.9 Å². The van der Waals surface area contributed by atoms with Crippen LogP contribution in [0.2, 0.25) is 0 Å². The number of halogens is 1.